The molecule has 2 rings (SSSR count). The number of carbonyl (C=O) groups excluding carboxylic acids is 1. The highest BCUT2D eigenvalue weighted by atomic mass is 16.6. The number of fused-ring (bicyclic) bond motifs is 2. The molecule has 0 aromatic heterocycles. The molecule has 2 fully saturated rings. The van der Waals surface area contributed by atoms with E-state index in [1.54, 1.807) is 11.8 Å². The summed E-state index contributed by atoms with van der Waals surface area (Å²) in [6, 6.07) is -0.366. The van der Waals surface area contributed by atoms with Gasteiger partial charge in [0.25, 0.3) is 0 Å². The first-order valence-electron chi connectivity index (χ1n) is 6.02. The highest BCUT2D eigenvalue weighted by molar-refractivity contribution is 5.70. The molecule has 17 heavy (non-hydrogen) atoms. The minimum Gasteiger partial charge on any atom is -0.444 e. The van der Waals surface area contributed by atoms with E-state index in [2.05, 4.69) is 0 Å². The molecule has 0 aliphatic carbocycles. The Morgan fingerprint density at radius 2 is 2.12 bits per heavy atom. The maximum absolute atomic E-state index is 12.1. The molecule has 2 saturated heterocycles. The average molecular weight is 243 g/mol. The smallest absolute Gasteiger partial charge is 0.411 e. The van der Waals surface area contributed by atoms with E-state index in [1.807, 2.05) is 20.8 Å². The summed E-state index contributed by atoms with van der Waals surface area (Å²) in [6.07, 6.45) is 0.199. The van der Waals surface area contributed by atoms with Gasteiger partial charge < -0.3 is 14.6 Å². The minimum atomic E-state index is -0.877. The molecule has 3 unspecified atom stereocenters. The molecule has 0 aromatic rings. The Hall–Kier alpha value is -0.810. The number of carbonyl (C=O) groups is 1. The fraction of sp³-hybridized carbons (Fsp3) is 0.917. The standard InChI is InChI=1S/C12H21NO4/c1-11(2,3)17-10(14)13-8-5-12(4,15)9(13)7-16-6-8/h8-9,15H,5-7H2,1-4H3. The maximum atomic E-state index is 12.1. The van der Waals surface area contributed by atoms with E-state index in [4.69, 9.17) is 9.47 Å². The summed E-state index contributed by atoms with van der Waals surface area (Å²) in [5, 5.41) is 10.3. The van der Waals surface area contributed by atoms with Crippen LogP contribution in [0.15, 0.2) is 0 Å². The number of hydrogen-bond donors (Lipinski definition) is 1. The highest BCUT2D eigenvalue weighted by Gasteiger charge is 2.53. The van der Waals surface area contributed by atoms with Crippen molar-refractivity contribution >= 4 is 6.09 Å². The molecule has 2 aliphatic heterocycles. The zero-order valence-corrected chi connectivity index (χ0v) is 10.9. The van der Waals surface area contributed by atoms with Crippen molar-refractivity contribution in [2.75, 3.05) is 13.2 Å². The Bertz CT molecular complexity index is 321. The lowest BCUT2D eigenvalue weighted by molar-refractivity contribution is -0.0643. The quantitative estimate of drug-likeness (QED) is 0.693. The van der Waals surface area contributed by atoms with Crippen LogP contribution in [0.3, 0.4) is 0 Å². The van der Waals surface area contributed by atoms with Gasteiger partial charge in [-0.3, -0.25) is 4.90 Å². The first-order chi connectivity index (χ1) is 7.71. The first kappa shape index (κ1) is 12.6. The van der Waals surface area contributed by atoms with Gasteiger partial charge in [-0.15, -0.1) is 0 Å². The Kier molecular flexibility index (Phi) is 2.86. The van der Waals surface area contributed by atoms with E-state index in [9.17, 15) is 9.90 Å². The largest absolute Gasteiger partial charge is 0.444 e. The summed E-state index contributed by atoms with van der Waals surface area (Å²) in [6.45, 7) is 8.13. The molecule has 5 heteroatoms. The van der Waals surface area contributed by atoms with E-state index >= 15 is 0 Å². The van der Waals surface area contributed by atoms with Gasteiger partial charge in [0.2, 0.25) is 0 Å². The number of nitrogens with zero attached hydrogens (tertiary/aromatic N) is 1. The van der Waals surface area contributed by atoms with Gasteiger partial charge in [-0.1, -0.05) is 0 Å². The van der Waals surface area contributed by atoms with E-state index in [0.29, 0.717) is 19.6 Å². The fourth-order valence-electron chi connectivity index (χ4n) is 2.57. The van der Waals surface area contributed by atoms with Crippen LogP contribution in [0.2, 0.25) is 0 Å². The third-order valence-electron chi connectivity index (χ3n) is 3.29. The summed E-state index contributed by atoms with van der Waals surface area (Å²) < 4.78 is 10.8. The monoisotopic (exact) mass is 243 g/mol. The van der Waals surface area contributed by atoms with Crippen molar-refractivity contribution in [3.8, 4) is 0 Å². The molecular formula is C12H21NO4. The van der Waals surface area contributed by atoms with Gasteiger partial charge in [0.15, 0.2) is 0 Å². The lowest BCUT2D eigenvalue weighted by Crippen LogP contribution is -2.54. The third-order valence-corrected chi connectivity index (χ3v) is 3.29. The Labute approximate surface area is 102 Å². The Morgan fingerprint density at radius 3 is 2.65 bits per heavy atom. The summed E-state index contributed by atoms with van der Waals surface area (Å²) in [4.78, 5) is 13.7. The number of ether oxygens (including phenoxy) is 2. The second kappa shape index (κ2) is 3.85. The van der Waals surface area contributed by atoms with Crippen LogP contribution in [0.4, 0.5) is 4.79 Å². The van der Waals surface area contributed by atoms with Crippen molar-refractivity contribution in [1.82, 2.24) is 4.90 Å². The third kappa shape index (κ3) is 2.40. The van der Waals surface area contributed by atoms with Crippen LogP contribution < -0.4 is 0 Å². The molecular weight excluding hydrogens is 222 g/mol. The SMILES string of the molecule is CC(C)(C)OC(=O)N1C2COCC1C(C)(O)C2. The van der Waals surface area contributed by atoms with Gasteiger partial charge in [-0.2, -0.15) is 0 Å². The predicted molar refractivity (Wildman–Crippen MR) is 61.7 cm³/mol. The second-order valence-corrected chi connectivity index (χ2v) is 6.16. The van der Waals surface area contributed by atoms with E-state index in [1.165, 1.54) is 0 Å². The molecule has 5 nitrogen and oxygen atoms in total. The number of rotatable bonds is 0. The van der Waals surface area contributed by atoms with Crippen molar-refractivity contribution < 1.29 is 19.4 Å². The summed E-state index contributed by atoms with van der Waals surface area (Å²) in [5.41, 5.74) is -1.39. The summed E-state index contributed by atoms with van der Waals surface area (Å²) in [5.74, 6) is 0. The van der Waals surface area contributed by atoms with E-state index in [-0.39, 0.29) is 18.2 Å². The van der Waals surface area contributed by atoms with Crippen LogP contribution in [0.5, 0.6) is 0 Å². The lowest BCUT2D eigenvalue weighted by Gasteiger charge is -2.37. The second-order valence-electron chi connectivity index (χ2n) is 6.16. The summed E-state index contributed by atoms with van der Waals surface area (Å²) in [7, 11) is 0. The van der Waals surface area contributed by atoms with Gasteiger partial charge in [0.05, 0.1) is 30.9 Å². The van der Waals surface area contributed by atoms with Crippen LogP contribution in [0.1, 0.15) is 34.1 Å². The number of aliphatic hydroxyl groups is 1. The molecule has 0 radical (unpaired) electrons. The molecule has 2 bridgehead atoms. The zero-order valence-electron chi connectivity index (χ0n) is 10.9. The van der Waals surface area contributed by atoms with Crippen LogP contribution in [-0.2, 0) is 9.47 Å². The van der Waals surface area contributed by atoms with Crippen LogP contribution in [0.25, 0.3) is 0 Å². The van der Waals surface area contributed by atoms with Gasteiger partial charge in [-0.05, 0) is 27.7 Å². The molecule has 0 spiro atoms. The normalized spacial score (nSPS) is 37.1. The molecule has 1 N–H and O–H groups in total. The van der Waals surface area contributed by atoms with Crippen LogP contribution in [-0.4, -0.2) is 52.6 Å². The van der Waals surface area contributed by atoms with Crippen molar-refractivity contribution in [3.63, 3.8) is 0 Å². The van der Waals surface area contributed by atoms with Crippen molar-refractivity contribution in [1.29, 1.82) is 0 Å². The molecule has 0 aromatic carbocycles. The summed E-state index contributed by atoms with van der Waals surface area (Å²) >= 11 is 0. The average Bonchev–Trinajstić information content (AvgIpc) is 2.27. The Balaban J connectivity index is 2.14. The van der Waals surface area contributed by atoms with Crippen molar-refractivity contribution in [2.45, 2.75) is 57.4 Å². The van der Waals surface area contributed by atoms with Gasteiger partial charge in [0, 0.05) is 6.42 Å². The predicted octanol–water partition coefficient (Wildman–Crippen LogP) is 1.15. The molecule has 3 atom stereocenters. The molecule has 2 aliphatic rings. The number of hydrogen-bond acceptors (Lipinski definition) is 4. The lowest BCUT2D eigenvalue weighted by atomic mass is 9.97. The number of morpholine rings is 1. The van der Waals surface area contributed by atoms with Crippen molar-refractivity contribution in [2.24, 2.45) is 0 Å². The van der Waals surface area contributed by atoms with E-state index < -0.39 is 11.2 Å². The zero-order chi connectivity index (χ0) is 12.8. The maximum Gasteiger partial charge on any atom is 0.411 e. The van der Waals surface area contributed by atoms with Crippen molar-refractivity contribution in [3.05, 3.63) is 0 Å². The number of amides is 1. The van der Waals surface area contributed by atoms with E-state index in [0.717, 1.165) is 0 Å². The fourth-order valence-corrected chi connectivity index (χ4v) is 2.57. The topological polar surface area (TPSA) is 59.0 Å². The molecule has 0 saturated carbocycles. The Morgan fingerprint density at radius 1 is 1.47 bits per heavy atom. The van der Waals surface area contributed by atoms with Crippen LogP contribution >= 0.6 is 0 Å². The molecule has 98 valence electrons. The van der Waals surface area contributed by atoms with Gasteiger partial charge in [-0.25, -0.2) is 4.79 Å². The first-order valence-corrected chi connectivity index (χ1v) is 6.02. The highest BCUT2D eigenvalue weighted by Crippen LogP contribution is 2.37. The molecule has 2 heterocycles. The van der Waals surface area contributed by atoms with Gasteiger partial charge >= 0.3 is 6.09 Å². The minimum absolute atomic E-state index is 0.0707. The van der Waals surface area contributed by atoms with Gasteiger partial charge in [0.1, 0.15) is 5.60 Å². The molecule has 1 amide bonds. The van der Waals surface area contributed by atoms with Crippen LogP contribution in [0, 0.1) is 0 Å².